The fraction of sp³-hybridized carbons (Fsp3) is 0.714. The van der Waals surface area contributed by atoms with Crippen LogP contribution in [0, 0.1) is 6.92 Å². The number of nitrogens with two attached hydrogens (primary N) is 1. The van der Waals surface area contributed by atoms with E-state index in [0.29, 0.717) is 11.9 Å². The van der Waals surface area contributed by atoms with Gasteiger partial charge < -0.3 is 10.7 Å². The Hall–Kier alpha value is -1.01. The molecule has 4 N–H and O–H groups in total. The van der Waals surface area contributed by atoms with Gasteiger partial charge in [-0.15, -0.1) is 0 Å². The highest BCUT2D eigenvalue weighted by molar-refractivity contribution is 7.98. The van der Waals surface area contributed by atoms with Crippen LogP contribution in [0.25, 0.3) is 0 Å². The van der Waals surface area contributed by atoms with E-state index < -0.39 is 0 Å². The molecule has 0 aliphatic carbocycles. The lowest BCUT2D eigenvalue weighted by atomic mass is 9.95. The lowest BCUT2D eigenvalue weighted by Gasteiger charge is -2.22. The van der Waals surface area contributed by atoms with Crippen LogP contribution in [0.5, 0.6) is 0 Å². The molecule has 0 spiro atoms. The van der Waals surface area contributed by atoms with Crippen molar-refractivity contribution in [3.05, 3.63) is 11.4 Å². The van der Waals surface area contributed by atoms with Crippen molar-refractivity contribution in [1.82, 2.24) is 9.97 Å². The van der Waals surface area contributed by atoms with E-state index in [9.17, 15) is 0 Å². The number of nitrogen functional groups attached to an aromatic ring is 1. The van der Waals surface area contributed by atoms with Gasteiger partial charge in [-0.1, -0.05) is 20.8 Å². The summed E-state index contributed by atoms with van der Waals surface area (Å²) in [5.74, 6) is 9.04. The summed E-state index contributed by atoms with van der Waals surface area (Å²) in [6, 6.07) is 0.370. The minimum Gasteiger partial charge on any atom is -0.367 e. The molecular weight excluding hydrogens is 270 g/mol. The first-order valence-corrected chi connectivity index (χ1v) is 8.30. The van der Waals surface area contributed by atoms with Gasteiger partial charge in [-0.2, -0.15) is 11.8 Å². The largest absolute Gasteiger partial charge is 0.367 e. The maximum Gasteiger partial charge on any atom is 0.148 e. The highest BCUT2D eigenvalue weighted by Crippen LogP contribution is 2.26. The van der Waals surface area contributed by atoms with Crippen molar-refractivity contribution in [3.63, 3.8) is 0 Å². The van der Waals surface area contributed by atoms with E-state index in [1.165, 1.54) is 0 Å². The quantitative estimate of drug-likeness (QED) is 0.554. The molecule has 114 valence electrons. The van der Waals surface area contributed by atoms with E-state index in [4.69, 9.17) is 5.84 Å². The molecule has 0 aromatic carbocycles. The summed E-state index contributed by atoms with van der Waals surface area (Å²) >= 11 is 1.85. The Balaban J connectivity index is 3.05. The third-order valence-electron chi connectivity index (χ3n) is 3.09. The van der Waals surface area contributed by atoms with Crippen molar-refractivity contribution in [3.8, 4) is 0 Å². The first kappa shape index (κ1) is 17.0. The zero-order chi connectivity index (χ0) is 15.3. The van der Waals surface area contributed by atoms with Crippen LogP contribution in [-0.4, -0.2) is 28.0 Å². The number of thioether (sulfide) groups is 1. The molecule has 0 amide bonds. The molecule has 6 heteroatoms. The summed E-state index contributed by atoms with van der Waals surface area (Å²) in [5.41, 5.74) is 3.51. The van der Waals surface area contributed by atoms with Crippen molar-refractivity contribution < 1.29 is 0 Å². The molecule has 1 rings (SSSR count). The van der Waals surface area contributed by atoms with Crippen LogP contribution in [-0.2, 0) is 5.41 Å². The molecule has 0 bridgehead atoms. The van der Waals surface area contributed by atoms with E-state index in [2.05, 4.69) is 54.7 Å². The third kappa shape index (κ3) is 4.52. The lowest BCUT2D eigenvalue weighted by molar-refractivity contribution is 0.545. The van der Waals surface area contributed by atoms with E-state index >= 15 is 0 Å². The van der Waals surface area contributed by atoms with Crippen molar-refractivity contribution in [1.29, 1.82) is 0 Å². The monoisotopic (exact) mass is 297 g/mol. The number of nitrogens with one attached hydrogen (secondary N) is 2. The molecule has 1 unspecified atom stereocenters. The smallest absolute Gasteiger partial charge is 0.148 e. The van der Waals surface area contributed by atoms with Crippen molar-refractivity contribution in [2.75, 3.05) is 22.8 Å². The highest BCUT2D eigenvalue weighted by Gasteiger charge is 2.21. The van der Waals surface area contributed by atoms with Crippen molar-refractivity contribution in [2.45, 2.75) is 52.5 Å². The van der Waals surface area contributed by atoms with Gasteiger partial charge in [0.05, 0.1) is 0 Å². The second-order valence-corrected chi connectivity index (χ2v) is 7.08. The summed E-state index contributed by atoms with van der Waals surface area (Å²) in [7, 11) is 0. The van der Waals surface area contributed by atoms with Crippen LogP contribution < -0.4 is 16.6 Å². The van der Waals surface area contributed by atoms with Gasteiger partial charge >= 0.3 is 0 Å². The average Bonchev–Trinajstić information content (AvgIpc) is 2.37. The third-order valence-corrected chi connectivity index (χ3v) is 3.74. The molecule has 0 saturated heterocycles. The Labute approximate surface area is 126 Å². The maximum atomic E-state index is 5.57. The predicted molar refractivity (Wildman–Crippen MR) is 89.4 cm³/mol. The molecule has 0 aliphatic rings. The second-order valence-electron chi connectivity index (χ2n) is 6.09. The fourth-order valence-electron chi connectivity index (χ4n) is 1.73. The number of aromatic nitrogens is 2. The Bertz CT molecular complexity index is 442. The topological polar surface area (TPSA) is 75.9 Å². The molecule has 1 aromatic rings. The highest BCUT2D eigenvalue weighted by atomic mass is 32.2. The van der Waals surface area contributed by atoms with Crippen molar-refractivity contribution >= 4 is 23.4 Å². The van der Waals surface area contributed by atoms with Gasteiger partial charge in [0.2, 0.25) is 0 Å². The maximum absolute atomic E-state index is 5.57. The van der Waals surface area contributed by atoms with Crippen LogP contribution >= 0.6 is 11.8 Å². The Kier molecular flexibility index (Phi) is 6.07. The summed E-state index contributed by atoms with van der Waals surface area (Å²) in [6.07, 6.45) is 3.22. The number of anilines is 2. The van der Waals surface area contributed by atoms with Crippen LogP contribution in [0.15, 0.2) is 0 Å². The number of nitrogens with zero attached hydrogens (tertiary/aromatic N) is 2. The van der Waals surface area contributed by atoms with Crippen LogP contribution in [0.3, 0.4) is 0 Å². The molecule has 0 aliphatic heterocycles. The van der Waals surface area contributed by atoms with Gasteiger partial charge in [-0.3, -0.25) is 0 Å². The summed E-state index contributed by atoms with van der Waals surface area (Å²) < 4.78 is 0. The summed E-state index contributed by atoms with van der Waals surface area (Å²) in [6.45, 7) is 10.4. The minimum absolute atomic E-state index is 0.113. The zero-order valence-corrected chi connectivity index (χ0v) is 14.2. The number of hydrogen-bond acceptors (Lipinski definition) is 6. The molecule has 1 heterocycles. The predicted octanol–water partition coefficient (Wildman–Crippen LogP) is 2.92. The first-order chi connectivity index (χ1) is 9.29. The van der Waals surface area contributed by atoms with Crippen LogP contribution in [0.1, 0.15) is 45.5 Å². The molecular formula is C14H27N5S. The van der Waals surface area contributed by atoms with Gasteiger partial charge in [-0.25, -0.2) is 15.8 Å². The SMILES string of the molecule is CSCCC(C)Nc1nc(C(C)(C)C)nc(NN)c1C. The summed E-state index contributed by atoms with van der Waals surface area (Å²) in [4.78, 5) is 9.18. The normalized spacial score (nSPS) is 13.2. The molecule has 0 saturated carbocycles. The fourth-order valence-corrected chi connectivity index (χ4v) is 2.32. The van der Waals surface area contributed by atoms with E-state index in [0.717, 1.165) is 29.4 Å². The van der Waals surface area contributed by atoms with E-state index in [1.807, 2.05) is 18.7 Å². The van der Waals surface area contributed by atoms with Crippen molar-refractivity contribution in [2.24, 2.45) is 5.84 Å². The minimum atomic E-state index is -0.113. The summed E-state index contributed by atoms with van der Waals surface area (Å²) in [5, 5.41) is 3.47. The standard InChI is InChI=1S/C14H27N5S/c1-9(7-8-20-6)16-11-10(2)12(19-15)18-13(17-11)14(3,4)5/h9H,7-8,15H2,1-6H3,(H2,16,17,18,19). The molecule has 5 nitrogen and oxygen atoms in total. The molecule has 20 heavy (non-hydrogen) atoms. The second kappa shape index (κ2) is 7.13. The lowest BCUT2D eigenvalue weighted by Crippen LogP contribution is -2.24. The molecule has 0 radical (unpaired) electrons. The Morgan fingerprint density at radius 1 is 1.25 bits per heavy atom. The molecule has 0 fully saturated rings. The van der Waals surface area contributed by atoms with Crippen LogP contribution in [0.2, 0.25) is 0 Å². The van der Waals surface area contributed by atoms with Crippen LogP contribution in [0.4, 0.5) is 11.6 Å². The van der Waals surface area contributed by atoms with Gasteiger partial charge in [-0.05, 0) is 32.3 Å². The van der Waals surface area contributed by atoms with Gasteiger partial charge in [0.1, 0.15) is 17.5 Å². The Morgan fingerprint density at radius 2 is 1.85 bits per heavy atom. The van der Waals surface area contributed by atoms with Gasteiger partial charge in [0.25, 0.3) is 0 Å². The Morgan fingerprint density at radius 3 is 2.35 bits per heavy atom. The molecule has 1 aromatic heterocycles. The zero-order valence-electron chi connectivity index (χ0n) is 13.4. The number of hydrogen-bond donors (Lipinski definition) is 3. The number of rotatable bonds is 6. The first-order valence-electron chi connectivity index (χ1n) is 6.90. The van der Waals surface area contributed by atoms with Gasteiger partial charge in [0.15, 0.2) is 0 Å². The average molecular weight is 297 g/mol. The van der Waals surface area contributed by atoms with E-state index in [1.54, 1.807) is 0 Å². The van der Waals surface area contributed by atoms with E-state index in [-0.39, 0.29) is 5.41 Å². The number of hydrazine groups is 1. The van der Waals surface area contributed by atoms with Gasteiger partial charge in [0, 0.05) is 17.0 Å². The molecule has 1 atom stereocenters.